The molecule has 2 aromatic rings. The largest absolute Gasteiger partial charge is 0.505 e. The van der Waals surface area contributed by atoms with Crippen LogP contribution in [0.15, 0.2) is 41.4 Å². The van der Waals surface area contributed by atoms with E-state index < -0.39 is 20.7 Å². The Balaban J connectivity index is 2.35. The van der Waals surface area contributed by atoms with E-state index in [2.05, 4.69) is 9.71 Å². The van der Waals surface area contributed by atoms with Gasteiger partial charge in [-0.15, -0.1) is 0 Å². The van der Waals surface area contributed by atoms with E-state index in [-0.39, 0.29) is 21.4 Å². The molecule has 1 heterocycles. The standard InChI is InChI=1S/C11H8ClN3O5S/c12-11-6-8(3-4-13-11)21(19,20)14-9-2-1-7(15(17)18)5-10(9)16/h1-6,14,16H. The number of sulfonamides is 1. The van der Waals surface area contributed by atoms with Crippen LogP contribution in [0.2, 0.25) is 5.15 Å². The Kier molecular flexibility index (Phi) is 3.96. The molecular formula is C11H8ClN3O5S. The van der Waals surface area contributed by atoms with Crippen LogP contribution in [0.25, 0.3) is 0 Å². The van der Waals surface area contributed by atoms with Gasteiger partial charge in [0.25, 0.3) is 15.7 Å². The number of aromatic nitrogens is 1. The molecule has 8 nitrogen and oxygen atoms in total. The van der Waals surface area contributed by atoms with Gasteiger partial charge in [0.1, 0.15) is 10.9 Å². The van der Waals surface area contributed by atoms with Crippen molar-refractivity contribution >= 4 is 33.0 Å². The topological polar surface area (TPSA) is 122 Å². The van der Waals surface area contributed by atoms with Crippen LogP contribution in [-0.2, 0) is 10.0 Å². The molecule has 21 heavy (non-hydrogen) atoms. The third-order valence-electron chi connectivity index (χ3n) is 2.44. The number of pyridine rings is 1. The first-order chi connectivity index (χ1) is 9.79. The number of non-ortho nitro benzene ring substituents is 1. The van der Waals surface area contributed by atoms with E-state index >= 15 is 0 Å². The third kappa shape index (κ3) is 3.38. The minimum absolute atomic E-state index is 0.00852. The minimum Gasteiger partial charge on any atom is -0.505 e. The molecule has 2 N–H and O–H groups in total. The number of rotatable bonds is 4. The lowest BCUT2D eigenvalue weighted by Crippen LogP contribution is -2.13. The zero-order valence-electron chi connectivity index (χ0n) is 10.2. The average molecular weight is 330 g/mol. The molecule has 1 aromatic carbocycles. The van der Waals surface area contributed by atoms with E-state index in [1.165, 1.54) is 12.3 Å². The van der Waals surface area contributed by atoms with Crippen molar-refractivity contribution in [1.29, 1.82) is 0 Å². The van der Waals surface area contributed by atoms with Crippen LogP contribution in [-0.4, -0.2) is 23.4 Å². The van der Waals surface area contributed by atoms with E-state index in [0.29, 0.717) is 0 Å². The van der Waals surface area contributed by atoms with Gasteiger partial charge >= 0.3 is 0 Å². The number of nitro benzene ring substituents is 1. The van der Waals surface area contributed by atoms with E-state index in [0.717, 1.165) is 24.3 Å². The molecule has 2 rings (SSSR count). The third-order valence-corrected chi connectivity index (χ3v) is 4.01. The molecule has 0 unspecified atom stereocenters. The van der Waals surface area contributed by atoms with Crippen molar-refractivity contribution in [1.82, 2.24) is 4.98 Å². The smallest absolute Gasteiger partial charge is 0.273 e. The molecular weight excluding hydrogens is 322 g/mol. The molecule has 0 bridgehead atoms. The Morgan fingerprint density at radius 3 is 2.57 bits per heavy atom. The van der Waals surface area contributed by atoms with Gasteiger partial charge in [-0.05, 0) is 18.2 Å². The van der Waals surface area contributed by atoms with Crippen LogP contribution < -0.4 is 4.72 Å². The first-order valence-electron chi connectivity index (χ1n) is 5.41. The number of benzene rings is 1. The molecule has 0 aliphatic heterocycles. The normalized spacial score (nSPS) is 11.1. The van der Waals surface area contributed by atoms with Crippen LogP contribution in [0.3, 0.4) is 0 Å². The molecule has 10 heteroatoms. The Bertz CT molecular complexity index is 809. The molecule has 0 saturated heterocycles. The maximum Gasteiger partial charge on any atom is 0.273 e. The first-order valence-corrected chi connectivity index (χ1v) is 7.27. The van der Waals surface area contributed by atoms with Gasteiger partial charge in [-0.2, -0.15) is 0 Å². The van der Waals surface area contributed by atoms with Gasteiger partial charge in [0.15, 0.2) is 0 Å². The van der Waals surface area contributed by atoms with Crippen molar-refractivity contribution in [3.8, 4) is 5.75 Å². The Morgan fingerprint density at radius 1 is 1.29 bits per heavy atom. The van der Waals surface area contributed by atoms with Gasteiger partial charge in [0.05, 0.1) is 21.6 Å². The summed E-state index contributed by atoms with van der Waals surface area (Å²) in [6, 6.07) is 5.35. The molecule has 0 atom stereocenters. The van der Waals surface area contributed by atoms with Gasteiger partial charge in [0.2, 0.25) is 0 Å². The summed E-state index contributed by atoms with van der Waals surface area (Å²) in [5.41, 5.74) is -0.545. The molecule has 0 fully saturated rings. The van der Waals surface area contributed by atoms with Gasteiger partial charge < -0.3 is 5.11 Å². The lowest BCUT2D eigenvalue weighted by molar-refractivity contribution is -0.384. The number of aromatic hydroxyl groups is 1. The summed E-state index contributed by atoms with van der Waals surface area (Å²) in [7, 11) is -4.00. The Labute approximate surface area is 124 Å². The zero-order valence-corrected chi connectivity index (χ0v) is 11.8. The summed E-state index contributed by atoms with van der Waals surface area (Å²) in [4.78, 5) is 13.3. The number of phenolic OH excluding ortho intramolecular Hbond substituents is 1. The van der Waals surface area contributed by atoms with E-state index in [1.54, 1.807) is 0 Å². The monoisotopic (exact) mass is 329 g/mol. The summed E-state index contributed by atoms with van der Waals surface area (Å²) in [6.07, 6.45) is 1.21. The second-order valence-corrected chi connectivity index (χ2v) is 5.95. The SMILES string of the molecule is O=[N+]([O-])c1ccc(NS(=O)(=O)c2ccnc(Cl)c2)c(O)c1. The van der Waals surface area contributed by atoms with Crippen molar-refractivity contribution in [3.63, 3.8) is 0 Å². The number of phenols is 1. The quantitative estimate of drug-likeness (QED) is 0.383. The molecule has 0 aliphatic rings. The number of halogens is 1. The van der Waals surface area contributed by atoms with Gasteiger partial charge in [0, 0.05) is 12.3 Å². The number of hydrogen-bond donors (Lipinski definition) is 2. The highest BCUT2D eigenvalue weighted by Gasteiger charge is 2.18. The maximum absolute atomic E-state index is 12.1. The van der Waals surface area contributed by atoms with Crippen molar-refractivity contribution in [3.05, 3.63) is 51.8 Å². The lowest BCUT2D eigenvalue weighted by Gasteiger charge is -2.09. The molecule has 110 valence electrons. The van der Waals surface area contributed by atoms with E-state index in [4.69, 9.17) is 11.6 Å². The molecule has 1 aromatic heterocycles. The molecule has 0 aliphatic carbocycles. The van der Waals surface area contributed by atoms with Crippen LogP contribution in [0.5, 0.6) is 5.75 Å². The molecule has 0 spiro atoms. The predicted molar refractivity (Wildman–Crippen MR) is 74.8 cm³/mol. The minimum atomic E-state index is -4.00. The predicted octanol–water partition coefficient (Wildman–Crippen LogP) is 2.15. The second kappa shape index (κ2) is 5.54. The van der Waals surface area contributed by atoms with Crippen LogP contribution >= 0.6 is 11.6 Å². The number of anilines is 1. The fraction of sp³-hybridized carbons (Fsp3) is 0. The first kappa shape index (κ1) is 15.0. The van der Waals surface area contributed by atoms with E-state index in [1.807, 2.05) is 0 Å². The van der Waals surface area contributed by atoms with Crippen LogP contribution in [0, 0.1) is 10.1 Å². The fourth-order valence-electron chi connectivity index (χ4n) is 1.48. The van der Waals surface area contributed by atoms with Crippen LogP contribution in [0.1, 0.15) is 0 Å². The summed E-state index contributed by atoms with van der Waals surface area (Å²) >= 11 is 5.61. The summed E-state index contributed by atoms with van der Waals surface area (Å²) in [5.74, 6) is -0.562. The van der Waals surface area contributed by atoms with Crippen LogP contribution in [0.4, 0.5) is 11.4 Å². The molecule has 0 saturated carbocycles. The number of nitro groups is 1. The maximum atomic E-state index is 12.1. The van der Waals surface area contributed by atoms with Gasteiger partial charge in [-0.3, -0.25) is 14.8 Å². The zero-order chi connectivity index (χ0) is 15.6. The second-order valence-electron chi connectivity index (χ2n) is 3.88. The van der Waals surface area contributed by atoms with Crippen molar-refractivity contribution in [2.45, 2.75) is 4.90 Å². The highest BCUT2D eigenvalue weighted by atomic mass is 35.5. The Hall–Kier alpha value is -2.39. The summed E-state index contributed by atoms with van der Waals surface area (Å²) in [5, 5.41) is 20.2. The summed E-state index contributed by atoms with van der Waals surface area (Å²) in [6.45, 7) is 0. The number of nitrogens with zero attached hydrogens (tertiary/aromatic N) is 2. The Morgan fingerprint density at radius 2 is 2.00 bits per heavy atom. The highest BCUT2D eigenvalue weighted by molar-refractivity contribution is 7.92. The highest BCUT2D eigenvalue weighted by Crippen LogP contribution is 2.29. The van der Waals surface area contributed by atoms with E-state index in [9.17, 15) is 23.6 Å². The van der Waals surface area contributed by atoms with Gasteiger partial charge in [-0.1, -0.05) is 11.6 Å². The number of hydrogen-bond acceptors (Lipinski definition) is 6. The average Bonchev–Trinajstić information content (AvgIpc) is 2.40. The molecule has 0 radical (unpaired) electrons. The molecule has 0 amide bonds. The van der Waals surface area contributed by atoms with Crippen molar-refractivity contribution in [2.75, 3.05) is 4.72 Å². The fourth-order valence-corrected chi connectivity index (χ4v) is 2.80. The number of nitrogens with one attached hydrogen (secondary N) is 1. The van der Waals surface area contributed by atoms with Crippen molar-refractivity contribution in [2.24, 2.45) is 0 Å². The van der Waals surface area contributed by atoms with Crippen molar-refractivity contribution < 1.29 is 18.4 Å². The lowest BCUT2D eigenvalue weighted by atomic mass is 10.3. The summed E-state index contributed by atoms with van der Waals surface area (Å²) < 4.78 is 26.3. The van der Waals surface area contributed by atoms with Gasteiger partial charge in [-0.25, -0.2) is 13.4 Å².